The molecule has 2 rings (SSSR count). The van der Waals surface area contributed by atoms with E-state index in [4.69, 9.17) is 4.18 Å². The first kappa shape index (κ1) is 9.02. The third kappa shape index (κ3) is 2.47. The van der Waals surface area contributed by atoms with E-state index in [1.165, 1.54) is 12.0 Å². The zero-order valence-corrected chi connectivity index (χ0v) is 8.15. The van der Waals surface area contributed by atoms with Crippen LogP contribution >= 0.6 is 12.0 Å². The summed E-state index contributed by atoms with van der Waals surface area (Å²) >= 11 is 1.25. The van der Waals surface area contributed by atoms with Crippen molar-refractivity contribution in [3.63, 3.8) is 0 Å². The lowest BCUT2D eigenvalue weighted by Gasteiger charge is -2.00. The molecule has 2 aromatic rings. The Morgan fingerprint density at radius 3 is 2.36 bits per heavy atom. The van der Waals surface area contributed by atoms with Gasteiger partial charge in [-0.2, -0.15) is 0 Å². The molecule has 0 amide bonds. The maximum atomic E-state index is 5.29. The summed E-state index contributed by atoms with van der Waals surface area (Å²) in [5, 5.41) is 0. The summed E-state index contributed by atoms with van der Waals surface area (Å²) in [6.07, 6.45) is 3.29. The van der Waals surface area contributed by atoms with Crippen LogP contribution in [0, 0.1) is 0 Å². The minimum absolute atomic E-state index is 0.376. The molecular weight excluding hydrogens is 196 g/mol. The molecule has 1 aromatic heterocycles. The first-order valence-electron chi connectivity index (χ1n) is 4.12. The largest absolute Gasteiger partial charge is 0.384 e. The second-order valence-corrected chi connectivity index (χ2v) is 3.32. The fourth-order valence-corrected chi connectivity index (χ4v) is 1.41. The molecule has 0 radical (unpaired) electrons. The maximum absolute atomic E-state index is 5.29. The van der Waals surface area contributed by atoms with E-state index in [0.717, 1.165) is 4.90 Å². The van der Waals surface area contributed by atoms with Crippen LogP contribution in [0.25, 0.3) is 0 Å². The minimum Gasteiger partial charge on any atom is -0.384 e. The first-order chi connectivity index (χ1) is 6.95. The lowest BCUT2D eigenvalue weighted by Crippen LogP contribution is -1.87. The van der Waals surface area contributed by atoms with E-state index >= 15 is 0 Å². The van der Waals surface area contributed by atoms with Crippen LogP contribution < -0.4 is 4.18 Å². The second kappa shape index (κ2) is 4.62. The molecule has 0 saturated heterocycles. The summed E-state index contributed by atoms with van der Waals surface area (Å²) in [6, 6.07) is 11.9. The normalized spacial score (nSPS) is 9.71. The molecule has 0 fully saturated rings. The van der Waals surface area contributed by atoms with Crippen LogP contribution in [0.3, 0.4) is 0 Å². The van der Waals surface area contributed by atoms with Crippen LogP contribution in [0.4, 0.5) is 0 Å². The number of hydrogen-bond donors (Lipinski definition) is 0. The Kier molecular flexibility index (Phi) is 2.98. The molecule has 0 atom stereocenters. The first-order valence-corrected chi connectivity index (χ1v) is 4.86. The molecule has 1 aromatic carbocycles. The molecular formula is C10H8N2OS. The monoisotopic (exact) mass is 204 g/mol. The molecule has 0 unspecified atom stereocenters. The van der Waals surface area contributed by atoms with Gasteiger partial charge in [0.2, 0.25) is 0 Å². The van der Waals surface area contributed by atoms with Gasteiger partial charge in [-0.05, 0) is 18.2 Å². The highest BCUT2D eigenvalue weighted by Crippen LogP contribution is 2.19. The number of nitrogens with zero attached hydrogens (tertiary/aromatic N) is 2. The van der Waals surface area contributed by atoms with E-state index in [1.807, 2.05) is 30.3 Å². The molecule has 3 nitrogen and oxygen atoms in total. The molecule has 70 valence electrons. The van der Waals surface area contributed by atoms with Crippen molar-refractivity contribution >= 4 is 12.0 Å². The topological polar surface area (TPSA) is 35.0 Å². The maximum Gasteiger partial charge on any atom is 0.329 e. The Labute approximate surface area is 86.4 Å². The van der Waals surface area contributed by atoms with Gasteiger partial charge in [-0.3, -0.25) is 0 Å². The van der Waals surface area contributed by atoms with Crippen molar-refractivity contribution in [2.75, 3.05) is 0 Å². The van der Waals surface area contributed by atoms with Crippen molar-refractivity contribution in [3.8, 4) is 6.01 Å². The van der Waals surface area contributed by atoms with Crippen LogP contribution in [0.2, 0.25) is 0 Å². The van der Waals surface area contributed by atoms with Gasteiger partial charge in [0.1, 0.15) is 0 Å². The van der Waals surface area contributed by atoms with Gasteiger partial charge in [-0.25, -0.2) is 9.97 Å². The van der Waals surface area contributed by atoms with Crippen LogP contribution in [0.5, 0.6) is 6.01 Å². The van der Waals surface area contributed by atoms with Gasteiger partial charge in [0, 0.05) is 17.3 Å². The minimum atomic E-state index is 0.376. The summed E-state index contributed by atoms with van der Waals surface area (Å²) in [7, 11) is 0. The molecule has 0 N–H and O–H groups in total. The predicted octanol–water partition coefficient (Wildman–Crippen LogP) is 2.56. The van der Waals surface area contributed by atoms with Crippen molar-refractivity contribution in [1.29, 1.82) is 0 Å². The Hall–Kier alpha value is -1.55. The number of hydrogen-bond acceptors (Lipinski definition) is 4. The van der Waals surface area contributed by atoms with Gasteiger partial charge in [-0.1, -0.05) is 18.2 Å². The van der Waals surface area contributed by atoms with E-state index < -0.39 is 0 Å². The molecule has 4 heteroatoms. The third-order valence-electron chi connectivity index (χ3n) is 1.50. The molecule has 0 aliphatic heterocycles. The smallest absolute Gasteiger partial charge is 0.329 e. The fraction of sp³-hybridized carbons (Fsp3) is 0. The van der Waals surface area contributed by atoms with Gasteiger partial charge >= 0.3 is 6.01 Å². The van der Waals surface area contributed by atoms with Gasteiger partial charge < -0.3 is 4.18 Å². The Balaban J connectivity index is 1.96. The van der Waals surface area contributed by atoms with Gasteiger partial charge in [0.05, 0.1) is 12.0 Å². The van der Waals surface area contributed by atoms with E-state index in [-0.39, 0.29) is 0 Å². The summed E-state index contributed by atoms with van der Waals surface area (Å²) in [6.45, 7) is 0. The fourth-order valence-electron chi connectivity index (χ4n) is 0.890. The second-order valence-electron chi connectivity index (χ2n) is 2.51. The Morgan fingerprint density at radius 1 is 0.929 bits per heavy atom. The van der Waals surface area contributed by atoms with Crippen LogP contribution in [0.15, 0.2) is 53.7 Å². The zero-order chi connectivity index (χ0) is 9.64. The van der Waals surface area contributed by atoms with Crippen molar-refractivity contribution in [2.24, 2.45) is 0 Å². The Morgan fingerprint density at radius 2 is 1.64 bits per heavy atom. The summed E-state index contributed by atoms with van der Waals surface area (Å²) in [4.78, 5) is 8.91. The molecule has 0 bridgehead atoms. The molecule has 0 aliphatic rings. The lowest BCUT2D eigenvalue weighted by atomic mass is 10.4. The van der Waals surface area contributed by atoms with E-state index in [9.17, 15) is 0 Å². The van der Waals surface area contributed by atoms with Crippen LogP contribution in [-0.2, 0) is 0 Å². The Bertz CT molecular complexity index is 340. The number of benzene rings is 1. The van der Waals surface area contributed by atoms with Crippen LogP contribution in [-0.4, -0.2) is 9.97 Å². The highest BCUT2D eigenvalue weighted by atomic mass is 32.2. The summed E-state index contributed by atoms with van der Waals surface area (Å²) in [5.41, 5.74) is 0. The molecule has 0 spiro atoms. The summed E-state index contributed by atoms with van der Waals surface area (Å²) in [5.74, 6) is 0. The molecule has 0 aliphatic carbocycles. The van der Waals surface area contributed by atoms with E-state index in [0.29, 0.717) is 6.01 Å². The highest BCUT2D eigenvalue weighted by Gasteiger charge is 1.97. The van der Waals surface area contributed by atoms with Gasteiger partial charge in [0.25, 0.3) is 0 Å². The van der Waals surface area contributed by atoms with Gasteiger partial charge in [0.15, 0.2) is 0 Å². The lowest BCUT2D eigenvalue weighted by molar-refractivity contribution is 0.584. The molecule has 14 heavy (non-hydrogen) atoms. The zero-order valence-electron chi connectivity index (χ0n) is 7.33. The SMILES string of the molecule is c1ccc(SOc2ncccn2)cc1. The van der Waals surface area contributed by atoms with E-state index in [1.54, 1.807) is 18.5 Å². The highest BCUT2D eigenvalue weighted by molar-refractivity contribution is 7.95. The average molecular weight is 204 g/mol. The van der Waals surface area contributed by atoms with Crippen molar-refractivity contribution < 1.29 is 4.18 Å². The average Bonchev–Trinajstić information content (AvgIpc) is 2.29. The predicted molar refractivity (Wildman–Crippen MR) is 55.0 cm³/mol. The van der Waals surface area contributed by atoms with Crippen molar-refractivity contribution in [2.45, 2.75) is 4.90 Å². The quantitative estimate of drug-likeness (QED) is 0.720. The third-order valence-corrected chi connectivity index (χ3v) is 2.19. The van der Waals surface area contributed by atoms with Crippen LogP contribution in [0.1, 0.15) is 0 Å². The summed E-state index contributed by atoms with van der Waals surface area (Å²) < 4.78 is 5.29. The molecule has 0 saturated carbocycles. The van der Waals surface area contributed by atoms with Crippen molar-refractivity contribution in [1.82, 2.24) is 9.97 Å². The van der Waals surface area contributed by atoms with Gasteiger partial charge in [-0.15, -0.1) is 0 Å². The number of aromatic nitrogens is 2. The standard InChI is InChI=1S/C10H8N2OS/c1-2-5-9(6-3-1)14-13-10-11-7-4-8-12-10/h1-8H. The van der Waals surface area contributed by atoms with Crippen molar-refractivity contribution in [3.05, 3.63) is 48.8 Å². The van der Waals surface area contributed by atoms with E-state index in [2.05, 4.69) is 9.97 Å². The number of rotatable bonds is 3. The molecule has 1 heterocycles.